The molecule has 18 heavy (non-hydrogen) atoms. The van der Waals surface area contributed by atoms with Gasteiger partial charge in [0, 0.05) is 31.6 Å². The highest BCUT2D eigenvalue weighted by molar-refractivity contribution is 5.92. The van der Waals surface area contributed by atoms with Crippen LogP contribution in [0.25, 0.3) is 0 Å². The minimum Gasteiger partial charge on any atom is -0.356 e. The Morgan fingerprint density at radius 3 is 2.61 bits per heavy atom. The fourth-order valence-corrected chi connectivity index (χ4v) is 2.93. The highest BCUT2D eigenvalue weighted by Gasteiger charge is 2.41. The van der Waals surface area contributed by atoms with Crippen LogP contribution in [-0.4, -0.2) is 36.3 Å². The van der Waals surface area contributed by atoms with E-state index >= 15 is 0 Å². The van der Waals surface area contributed by atoms with Gasteiger partial charge in [0.25, 0.3) is 0 Å². The van der Waals surface area contributed by atoms with Gasteiger partial charge >= 0.3 is 0 Å². The van der Waals surface area contributed by atoms with Gasteiger partial charge in [-0.15, -0.1) is 0 Å². The molecule has 2 saturated heterocycles. The molecular weight excluding hydrogens is 228 g/mol. The molecule has 2 aliphatic rings. The first-order valence-corrected chi connectivity index (χ1v) is 6.79. The molecule has 4 heteroatoms. The lowest BCUT2D eigenvalue weighted by molar-refractivity contribution is -0.129. The first-order chi connectivity index (χ1) is 8.56. The first-order valence-electron chi connectivity index (χ1n) is 6.79. The molecule has 0 atom stereocenters. The molecule has 0 aliphatic carbocycles. The van der Waals surface area contributed by atoms with Gasteiger partial charge in [0.05, 0.1) is 0 Å². The molecule has 2 heterocycles. The van der Waals surface area contributed by atoms with E-state index in [0.717, 1.165) is 44.5 Å². The van der Waals surface area contributed by atoms with Crippen molar-refractivity contribution in [3.05, 3.63) is 11.6 Å². The molecule has 0 radical (unpaired) electrons. The number of rotatable bonds is 2. The second kappa shape index (κ2) is 5.12. The molecule has 0 aromatic carbocycles. The number of hydrogen-bond donors (Lipinski definition) is 1. The standard InChI is InChI=1S/C14H22N2O2/c1-3-4-11(2)13(18)16-7-5-14(6-8-16)9-12(17)15-10-14/h4H,3,5-10H2,1-2H3,(H,15,17). The summed E-state index contributed by atoms with van der Waals surface area (Å²) in [6, 6.07) is 0. The van der Waals surface area contributed by atoms with Crippen LogP contribution >= 0.6 is 0 Å². The predicted octanol–water partition coefficient (Wildman–Crippen LogP) is 1.47. The molecule has 2 rings (SSSR count). The number of carbonyl (C=O) groups is 2. The summed E-state index contributed by atoms with van der Waals surface area (Å²) in [5.41, 5.74) is 0.963. The number of hydrogen-bond acceptors (Lipinski definition) is 2. The van der Waals surface area contributed by atoms with E-state index in [1.165, 1.54) is 0 Å². The van der Waals surface area contributed by atoms with Gasteiger partial charge in [-0.1, -0.05) is 13.0 Å². The second-order valence-electron chi connectivity index (χ2n) is 5.54. The Labute approximate surface area is 108 Å². The zero-order valence-corrected chi connectivity index (χ0v) is 11.3. The minimum absolute atomic E-state index is 0.121. The van der Waals surface area contributed by atoms with Crippen molar-refractivity contribution >= 4 is 11.8 Å². The largest absolute Gasteiger partial charge is 0.356 e. The monoisotopic (exact) mass is 250 g/mol. The third-order valence-electron chi connectivity index (χ3n) is 4.16. The fourth-order valence-electron chi connectivity index (χ4n) is 2.93. The van der Waals surface area contributed by atoms with Gasteiger partial charge in [0.1, 0.15) is 0 Å². The lowest BCUT2D eigenvalue weighted by Gasteiger charge is -2.38. The molecular formula is C14H22N2O2. The number of nitrogens with one attached hydrogen (secondary N) is 1. The highest BCUT2D eigenvalue weighted by atomic mass is 16.2. The molecule has 4 nitrogen and oxygen atoms in total. The van der Waals surface area contributed by atoms with Crippen molar-refractivity contribution in [3.8, 4) is 0 Å². The van der Waals surface area contributed by atoms with Crippen LogP contribution in [0, 0.1) is 5.41 Å². The molecule has 2 fully saturated rings. The zero-order chi connectivity index (χ0) is 13.2. The second-order valence-corrected chi connectivity index (χ2v) is 5.54. The molecule has 0 bridgehead atoms. The van der Waals surface area contributed by atoms with Crippen LogP contribution in [-0.2, 0) is 9.59 Å². The highest BCUT2D eigenvalue weighted by Crippen LogP contribution is 2.37. The summed E-state index contributed by atoms with van der Waals surface area (Å²) in [4.78, 5) is 25.4. The normalized spacial score (nSPS) is 23.3. The van der Waals surface area contributed by atoms with Crippen molar-refractivity contribution in [1.29, 1.82) is 0 Å². The van der Waals surface area contributed by atoms with Gasteiger partial charge in [-0.05, 0) is 31.6 Å². The maximum Gasteiger partial charge on any atom is 0.249 e. The van der Waals surface area contributed by atoms with Gasteiger partial charge < -0.3 is 10.2 Å². The maximum atomic E-state index is 12.1. The SMILES string of the molecule is CCC=C(C)C(=O)N1CCC2(CC1)CNC(=O)C2. The predicted molar refractivity (Wildman–Crippen MR) is 69.9 cm³/mol. The van der Waals surface area contributed by atoms with Gasteiger partial charge in [-0.2, -0.15) is 0 Å². The van der Waals surface area contributed by atoms with Crippen molar-refractivity contribution in [2.75, 3.05) is 19.6 Å². The number of allylic oxidation sites excluding steroid dienone is 1. The molecule has 0 unspecified atom stereocenters. The summed E-state index contributed by atoms with van der Waals surface area (Å²) in [5, 5.41) is 2.91. The van der Waals surface area contributed by atoms with E-state index in [1.807, 2.05) is 24.8 Å². The summed E-state index contributed by atoms with van der Waals surface area (Å²) in [6.07, 6.45) is 5.40. The lowest BCUT2D eigenvalue weighted by atomic mass is 9.77. The first kappa shape index (κ1) is 13.1. The molecule has 2 aliphatic heterocycles. The van der Waals surface area contributed by atoms with E-state index in [4.69, 9.17) is 0 Å². The Balaban J connectivity index is 1.92. The molecule has 0 saturated carbocycles. The zero-order valence-electron chi connectivity index (χ0n) is 11.3. The van der Waals surface area contributed by atoms with Gasteiger partial charge in [-0.3, -0.25) is 9.59 Å². The topological polar surface area (TPSA) is 49.4 Å². The summed E-state index contributed by atoms with van der Waals surface area (Å²) >= 11 is 0. The summed E-state index contributed by atoms with van der Waals surface area (Å²) in [6.45, 7) is 6.28. The molecule has 0 aromatic heterocycles. The molecule has 0 aromatic rings. The van der Waals surface area contributed by atoms with Crippen LogP contribution in [0.5, 0.6) is 0 Å². The quantitative estimate of drug-likeness (QED) is 0.755. The number of amides is 2. The van der Waals surface area contributed by atoms with Crippen molar-refractivity contribution in [2.24, 2.45) is 5.41 Å². The molecule has 1 spiro atoms. The summed E-state index contributed by atoms with van der Waals surface area (Å²) in [7, 11) is 0. The maximum absolute atomic E-state index is 12.1. The van der Waals surface area contributed by atoms with E-state index in [2.05, 4.69) is 5.32 Å². The number of piperidine rings is 1. The Bertz CT molecular complexity index is 379. The van der Waals surface area contributed by atoms with Crippen LogP contribution in [0.2, 0.25) is 0 Å². The van der Waals surface area contributed by atoms with Crippen molar-refractivity contribution < 1.29 is 9.59 Å². The third-order valence-corrected chi connectivity index (χ3v) is 4.16. The molecule has 2 amide bonds. The van der Waals surface area contributed by atoms with Crippen LogP contribution in [0.1, 0.15) is 39.5 Å². The van der Waals surface area contributed by atoms with Gasteiger partial charge in [0.2, 0.25) is 11.8 Å². The minimum atomic E-state index is 0.121. The Hall–Kier alpha value is -1.32. The van der Waals surface area contributed by atoms with E-state index in [1.54, 1.807) is 0 Å². The number of carbonyl (C=O) groups excluding carboxylic acids is 2. The van der Waals surface area contributed by atoms with E-state index in [0.29, 0.717) is 6.42 Å². The van der Waals surface area contributed by atoms with Crippen LogP contribution in [0.4, 0.5) is 0 Å². The summed E-state index contributed by atoms with van der Waals surface area (Å²) in [5.74, 6) is 0.320. The van der Waals surface area contributed by atoms with E-state index < -0.39 is 0 Å². The fraction of sp³-hybridized carbons (Fsp3) is 0.714. The number of likely N-dealkylation sites (tertiary alicyclic amines) is 1. The number of nitrogens with zero attached hydrogens (tertiary/aromatic N) is 1. The average molecular weight is 250 g/mol. The van der Waals surface area contributed by atoms with E-state index in [9.17, 15) is 9.59 Å². The Morgan fingerprint density at radius 2 is 2.11 bits per heavy atom. The van der Waals surface area contributed by atoms with Crippen molar-refractivity contribution in [2.45, 2.75) is 39.5 Å². The van der Waals surface area contributed by atoms with Gasteiger partial charge in [0.15, 0.2) is 0 Å². The smallest absolute Gasteiger partial charge is 0.249 e. The van der Waals surface area contributed by atoms with E-state index in [-0.39, 0.29) is 17.2 Å². The Kier molecular flexibility index (Phi) is 3.73. The van der Waals surface area contributed by atoms with Crippen LogP contribution < -0.4 is 5.32 Å². The summed E-state index contributed by atoms with van der Waals surface area (Å²) < 4.78 is 0. The third kappa shape index (κ3) is 2.57. The van der Waals surface area contributed by atoms with Crippen molar-refractivity contribution in [3.63, 3.8) is 0 Å². The van der Waals surface area contributed by atoms with Crippen LogP contribution in [0.3, 0.4) is 0 Å². The molecule has 100 valence electrons. The van der Waals surface area contributed by atoms with Gasteiger partial charge in [-0.25, -0.2) is 0 Å². The average Bonchev–Trinajstić information content (AvgIpc) is 2.71. The van der Waals surface area contributed by atoms with Crippen LogP contribution in [0.15, 0.2) is 11.6 Å². The lowest BCUT2D eigenvalue weighted by Crippen LogP contribution is -2.44. The van der Waals surface area contributed by atoms with Crippen molar-refractivity contribution in [1.82, 2.24) is 10.2 Å². The Morgan fingerprint density at radius 1 is 1.44 bits per heavy atom. The molecule has 1 N–H and O–H groups in total.